The molecule has 0 saturated carbocycles. The fourth-order valence-electron chi connectivity index (χ4n) is 2.84. The summed E-state index contributed by atoms with van der Waals surface area (Å²) in [6.45, 7) is 2.56. The zero-order chi connectivity index (χ0) is 18.6. The molecule has 1 atom stereocenters. The highest BCUT2D eigenvalue weighted by Gasteiger charge is 2.27. The minimum Gasteiger partial charge on any atom is -0.481 e. The van der Waals surface area contributed by atoms with Crippen LogP contribution in [-0.4, -0.2) is 61.3 Å². The van der Waals surface area contributed by atoms with E-state index in [9.17, 15) is 18.0 Å². The zero-order valence-electron chi connectivity index (χ0n) is 14.5. The van der Waals surface area contributed by atoms with Crippen LogP contribution >= 0.6 is 0 Å². The first-order chi connectivity index (χ1) is 11.7. The molecule has 0 aromatic heterocycles. The van der Waals surface area contributed by atoms with E-state index in [4.69, 9.17) is 5.11 Å². The first kappa shape index (κ1) is 19.4. The Bertz CT molecular complexity index is 741. The van der Waals surface area contributed by atoms with Crippen LogP contribution in [0.2, 0.25) is 0 Å². The molecule has 1 amide bonds. The number of nitrogens with zero attached hydrogens (tertiary/aromatic N) is 2. The molecule has 1 aliphatic heterocycles. The smallest absolute Gasteiger partial charge is 0.308 e. The number of hydrogen-bond donors (Lipinski definition) is 1. The van der Waals surface area contributed by atoms with E-state index in [0.717, 1.165) is 19.3 Å². The van der Waals surface area contributed by atoms with Crippen molar-refractivity contribution in [1.82, 2.24) is 9.21 Å². The molecular weight excluding hydrogens is 344 g/mol. The number of carbonyl (C=O) groups is 2. The van der Waals surface area contributed by atoms with Gasteiger partial charge in [0.15, 0.2) is 0 Å². The Morgan fingerprint density at radius 2 is 1.88 bits per heavy atom. The maximum absolute atomic E-state index is 12.7. The van der Waals surface area contributed by atoms with E-state index >= 15 is 0 Å². The predicted octanol–water partition coefficient (Wildman–Crippen LogP) is 1.65. The molecule has 0 aliphatic carbocycles. The van der Waals surface area contributed by atoms with Gasteiger partial charge in [0.25, 0.3) is 5.91 Å². The van der Waals surface area contributed by atoms with Gasteiger partial charge in [-0.1, -0.05) is 19.4 Å². The highest BCUT2D eigenvalue weighted by atomic mass is 32.2. The number of sulfonamides is 1. The topological polar surface area (TPSA) is 95.0 Å². The number of amides is 1. The number of aliphatic carboxylic acids is 1. The van der Waals surface area contributed by atoms with Crippen molar-refractivity contribution in [2.45, 2.75) is 31.1 Å². The van der Waals surface area contributed by atoms with Crippen LogP contribution in [0.3, 0.4) is 0 Å². The summed E-state index contributed by atoms with van der Waals surface area (Å²) < 4.78 is 26.9. The lowest BCUT2D eigenvalue weighted by Gasteiger charge is -2.26. The van der Waals surface area contributed by atoms with Crippen LogP contribution in [0.1, 0.15) is 36.5 Å². The number of carbonyl (C=O) groups excluding carboxylic acids is 1. The number of rotatable bonds is 6. The van der Waals surface area contributed by atoms with E-state index in [1.54, 1.807) is 12.1 Å². The molecule has 1 aliphatic rings. The van der Waals surface area contributed by atoms with Crippen molar-refractivity contribution in [1.29, 1.82) is 0 Å². The number of piperidine rings is 1. The standard InChI is InChI=1S/C17H24N2O5S/c1-13(17(21)22)12-18(2)16(20)14-7-6-8-15(11-14)25(23,24)19-9-4-3-5-10-19/h6-8,11,13H,3-5,9-10,12H2,1-2H3,(H,21,22). The summed E-state index contributed by atoms with van der Waals surface area (Å²) in [6, 6.07) is 5.94. The molecule has 1 aromatic rings. The molecule has 2 rings (SSSR count). The fraction of sp³-hybridized carbons (Fsp3) is 0.529. The second kappa shape index (κ2) is 7.97. The van der Waals surface area contributed by atoms with Gasteiger partial charge in [0.2, 0.25) is 10.0 Å². The molecule has 25 heavy (non-hydrogen) atoms. The van der Waals surface area contributed by atoms with Gasteiger partial charge in [-0.25, -0.2) is 8.42 Å². The quantitative estimate of drug-likeness (QED) is 0.824. The number of carboxylic acid groups (broad SMARTS) is 1. The van der Waals surface area contributed by atoms with Gasteiger partial charge in [-0.15, -0.1) is 0 Å². The van der Waals surface area contributed by atoms with Crippen molar-refractivity contribution in [2.75, 3.05) is 26.7 Å². The van der Waals surface area contributed by atoms with Crippen LogP contribution < -0.4 is 0 Å². The van der Waals surface area contributed by atoms with Gasteiger partial charge >= 0.3 is 5.97 Å². The van der Waals surface area contributed by atoms with E-state index in [2.05, 4.69) is 0 Å². The van der Waals surface area contributed by atoms with Crippen LogP contribution in [0.15, 0.2) is 29.2 Å². The van der Waals surface area contributed by atoms with E-state index in [1.165, 1.54) is 35.3 Å². The number of carboxylic acids is 1. The Kier molecular flexibility index (Phi) is 6.18. The maximum atomic E-state index is 12.7. The molecule has 1 aromatic carbocycles. The third-order valence-electron chi connectivity index (χ3n) is 4.35. The summed E-state index contributed by atoms with van der Waals surface area (Å²) in [6.07, 6.45) is 2.71. The molecular formula is C17H24N2O5S. The van der Waals surface area contributed by atoms with Gasteiger partial charge in [0.05, 0.1) is 10.8 Å². The molecule has 1 heterocycles. The highest BCUT2D eigenvalue weighted by Crippen LogP contribution is 2.21. The Balaban J connectivity index is 2.20. The third kappa shape index (κ3) is 4.58. The molecule has 0 radical (unpaired) electrons. The largest absolute Gasteiger partial charge is 0.481 e. The van der Waals surface area contributed by atoms with Crippen LogP contribution in [0.4, 0.5) is 0 Å². The summed E-state index contributed by atoms with van der Waals surface area (Å²) in [4.78, 5) is 24.8. The van der Waals surface area contributed by atoms with Crippen molar-refractivity contribution >= 4 is 21.9 Å². The fourth-order valence-corrected chi connectivity index (χ4v) is 4.40. The molecule has 7 nitrogen and oxygen atoms in total. The predicted molar refractivity (Wildman–Crippen MR) is 92.8 cm³/mol. The van der Waals surface area contributed by atoms with Gasteiger partial charge in [0, 0.05) is 32.2 Å². The normalized spacial score (nSPS) is 17.0. The minimum atomic E-state index is -3.61. The van der Waals surface area contributed by atoms with Crippen molar-refractivity contribution in [3.8, 4) is 0 Å². The van der Waals surface area contributed by atoms with Crippen LogP contribution in [0.25, 0.3) is 0 Å². The van der Waals surface area contributed by atoms with E-state index in [0.29, 0.717) is 13.1 Å². The molecule has 1 N–H and O–H groups in total. The number of benzene rings is 1. The van der Waals surface area contributed by atoms with Crippen molar-refractivity contribution < 1.29 is 23.1 Å². The summed E-state index contributed by atoms with van der Waals surface area (Å²) in [5.41, 5.74) is 0.234. The highest BCUT2D eigenvalue weighted by molar-refractivity contribution is 7.89. The Morgan fingerprint density at radius 1 is 1.24 bits per heavy atom. The zero-order valence-corrected chi connectivity index (χ0v) is 15.3. The monoisotopic (exact) mass is 368 g/mol. The summed E-state index contributed by atoms with van der Waals surface area (Å²) in [5.74, 6) is -2.08. The maximum Gasteiger partial charge on any atom is 0.308 e. The molecule has 138 valence electrons. The summed E-state index contributed by atoms with van der Waals surface area (Å²) in [7, 11) is -2.10. The molecule has 0 spiro atoms. The summed E-state index contributed by atoms with van der Waals surface area (Å²) >= 11 is 0. The van der Waals surface area contributed by atoms with Gasteiger partial charge in [-0.2, -0.15) is 4.31 Å². The Hall–Kier alpha value is -1.93. The molecule has 1 saturated heterocycles. The van der Waals surface area contributed by atoms with Crippen LogP contribution in [0, 0.1) is 5.92 Å². The third-order valence-corrected chi connectivity index (χ3v) is 6.24. The van der Waals surface area contributed by atoms with Crippen molar-refractivity contribution in [2.24, 2.45) is 5.92 Å². The second-order valence-electron chi connectivity index (χ2n) is 6.42. The minimum absolute atomic E-state index is 0.0528. The lowest BCUT2D eigenvalue weighted by Crippen LogP contribution is -2.36. The van der Waals surface area contributed by atoms with Gasteiger partial charge in [-0.3, -0.25) is 9.59 Å². The van der Waals surface area contributed by atoms with Crippen molar-refractivity contribution in [3.63, 3.8) is 0 Å². The van der Waals surface area contributed by atoms with E-state index in [1.807, 2.05) is 0 Å². The lowest BCUT2D eigenvalue weighted by atomic mass is 10.1. The van der Waals surface area contributed by atoms with Gasteiger partial charge < -0.3 is 10.0 Å². The summed E-state index contributed by atoms with van der Waals surface area (Å²) in [5, 5.41) is 8.96. The molecule has 1 fully saturated rings. The first-order valence-corrected chi connectivity index (χ1v) is 9.76. The second-order valence-corrected chi connectivity index (χ2v) is 8.36. The van der Waals surface area contributed by atoms with Crippen molar-refractivity contribution in [3.05, 3.63) is 29.8 Å². The lowest BCUT2D eigenvalue weighted by molar-refractivity contribution is -0.141. The average Bonchev–Trinajstić information content (AvgIpc) is 2.61. The van der Waals surface area contributed by atoms with E-state index in [-0.39, 0.29) is 17.0 Å². The number of hydrogen-bond acceptors (Lipinski definition) is 4. The Morgan fingerprint density at radius 3 is 2.48 bits per heavy atom. The SMILES string of the molecule is CC(CN(C)C(=O)c1cccc(S(=O)(=O)N2CCCCC2)c1)C(=O)O. The van der Waals surface area contributed by atoms with Crippen LogP contribution in [-0.2, 0) is 14.8 Å². The average molecular weight is 368 g/mol. The van der Waals surface area contributed by atoms with Gasteiger partial charge in [-0.05, 0) is 31.0 Å². The Labute approximate surface area is 148 Å². The van der Waals surface area contributed by atoms with Gasteiger partial charge in [0.1, 0.15) is 0 Å². The van der Waals surface area contributed by atoms with E-state index < -0.39 is 27.8 Å². The molecule has 0 bridgehead atoms. The van der Waals surface area contributed by atoms with Crippen LogP contribution in [0.5, 0.6) is 0 Å². The molecule has 8 heteroatoms. The molecule has 1 unspecified atom stereocenters. The first-order valence-electron chi connectivity index (χ1n) is 8.32.